The molecule has 0 aliphatic rings. The molecule has 1 aromatic carbocycles. The molecule has 21 heavy (non-hydrogen) atoms. The SMILES string of the molecule is Cc1cc(C(Cc2ccccc2)C(=O)O)ncc1[N+](=O)[O-]. The standard InChI is InChI=1S/C15H14N2O4/c1-10-7-13(16-9-14(10)17(20)21)12(15(18)19)8-11-5-3-2-4-6-11/h2-7,9,12H,8H2,1H3,(H,18,19). The summed E-state index contributed by atoms with van der Waals surface area (Å²) in [6.45, 7) is 1.57. The van der Waals surface area contributed by atoms with Gasteiger partial charge in [0.2, 0.25) is 0 Å². The Labute approximate surface area is 121 Å². The smallest absolute Gasteiger partial charge is 0.312 e. The van der Waals surface area contributed by atoms with Crippen LogP contribution in [0.3, 0.4) is 0 Å². The van der Waals surface area contributed by atoms with E-state index >= 15 is 0 Å². The molecule has 0 saturated carbocycles. The molecule has 0 amide bonds. The second kappa shape index (κ2) is 6.13. The monoisotopic (exact) mass is 286 g/mol. The zero-order valence-electron chi connectivity index (χ0n) is 11.4. The van der Waals surface area contributed by atoms with Crippen LogP contribution in [0, 0.1) is 17.0 Å². The number of hydrogen-bond donors (Lipinski definition) is 1. The second-order valence-electron chi connectivity index (χ2n) is 4.73. The van der Waals surface area contributed by atoms with E-state index in [-0.39, 0.29) is 5.69 Å². The Hall–Kier alpha value is -2.76. The molecular formula is C15H14N2O4. The predicted octanol–water partition coefficient (Wildman–Crippen LogP) is 2.71. The molecule has 0 fully saturated rings. The van der Waals surface area contributed by atoms with Crippen molar-refractivity contribution in [3.05, 3.63) is 69.5 Å². The van der Waals surface area contributed by atoms with E-state index in [0.717, 1.165) is 11.8 Å². The van der Waals surface area contributed by atoms with Crippen molar-refractivity contribution in [2.45, 2.75) is 19.3 Å². The molecule has 108 valence electrons. The summed E-state index contributed by atoms with van der Waals surface area (Å²) in [6, 6.07) is 10.7. The number of nitro groups is 1. The van der Waals surface area contributed by atoms with Gasteiger partial charge < -0.3 is 5.11 Å². The third-order valence-corrected chi connectivity index (χ3v) is 3.24. The van der Waals surface area contributed by atoms with Crippen molar-refractivity contribution in [2.24, 2.45) is 0 Å². The minimum absolute atomic E-state index is 0.109. The molecule has 0 aliphatic heterocycles. The largest absolute Gasteiger partial charge is 0.481 e. The van der Waals surface area contributed by atoms with Crippen LogP contribution in [0.1, 0.15) is 22.7 Å². The van der Waals surface area contributed by atoms with Gasteiger partial charge in [0, 0.05) is 5.56 Å². The number of carbonyl (C=O) groups is 1. The molecule has 0 aliphatic carbocycles. The molecule has 2 rings (SSSR count). The molecule has 1 atom stereocenters. The quantitative estimate of drug-likeness (QED) is 0.673. The Morgan fingerprint density at radius 1 is 1.38 bits per heavy atom. The van der Waals surface area contributed by atoms with Crippen LogP contribution < -0.4 is 0 Å². The molecule has 2 aromatic rings. The van der Waals surface area contributed by atoms with Crippen LogP contribution in [-0.2, 0) is 11.2 Å². The van der Waals surface area contributed by atoms with Crippen LogP contribution in [0.5, 0.6) is 0 Å². The second-order valence-corrected chi connectivity index (χ2v) is 4.73. The number of aliphatic carboxylic acids is 1. The maximum Gasteiger partial charge on any atom is 0.312 e. The third kappa shape index (κ3) is 3.42. The molecule has 0 radical (unpaired) electrons. The van der Waals surface area contributed by atoms with Gasteiger partial charge in [-0.2, -0.15) is 0 Å². The van der Waals surface area contributed by atoms with E-state index < -0.39 is 16.8 Å². The van der Waals surface area contributed by atoms with Crippen molar-refractivity contribution in [3.63, 3.8) is 0 Å². The van der Waals surface area contributed by atoms with Crippen LogP contribution in [0.2, 0.25) is 0 Å². The lowest BCUT2D eigenvalue weighted by atomic mass is 9.95. The lowest BCUT2D eigenvalue weighted by Gasteiger charge is -2.12. The first-order valence-corrected chi connectivity index (χ1v) is 6.36. The maximum absolute atomic E-state index is 11.5. The van der Waals surface area contributed by atoms with Crippen molar-refractivity contribution in [1.82, 2.24) is 4.98 Å². The Kier molecular flexibility index (Phi) is 4.27. The molecule has 0 saturated heterocycles. The number of rotatable bonds is 5. The summed E-state index contributed by atoms with van der Waals surface area (Å²) in [5.74, 6) is -1.83. The van der Waals surface area contributed by atoms with Crippen LogP contribution >= 0.6 is 0 Å². The summed E-state index contributed by atoms with van der Waals surface area (Å²) in [5, 5.41) is 20.2. The molecule has 1 unspecified atom stereocenters. The Balaban J connectivity index is 2.33. The fourth-order valence-electron chi connectivity index (χ4n) is 2.12. The van der Waals surface area contributed by atoms with Crippen LogP contribution in [-0.4, -0.2) is 21.0 Å². The highest BCUT2D eigenvalue weighted by Gasteiger charge is 2.24. The predicted molar refractivity (Wildman–Crippen MR) is 76.2 cm³/mol. The number of nitrogens with zero attached hydrogens (tertiary/aromatic N) is 2. The van der Waals surface area contributed by atoms with Gasteiger partial charge in [-0.3, -0.25) is 19.9 Å². The molecular weight excluding hydrogens is 272 g/mol. The molecule has 0 spiro atoms. The highest BCUT2D eigenvalue weighted by molar-refractivity contribution is 5.76. The summed E-state index contributed by atoms with van der Waals surface area (Å²) >= 11 is 0. The van der Waals surface area contributed by atoms with E-state index in [0.29, 0.717) is 17.7 Å². The van der Waals surface area contributed by atoms with Crippen molar-refractivity contribution in [1.29, 1.82) is 0 Å². The lowest BCUT2D eigenvalue weighted by molar-refractivity contribution is -0.385. The minimum atomic E-state index is -1.00. The maximum atomic E-state index is 11.5. The van der Waals surface area contributed by atoms with Crippen molar-refractivity contribution in [3.8, 4) is 0 Å². The van der Waals surface area contributed by atoms with Gasteiger partial charge in [-0.1, -0.05) is 30.3 Å². The minimum Gasteiger partial charge on any atom is -0.481 e. The van der Waals surface area contributed by atoms with E-state index in [2.05, 4.69) is 4.98 Å². The summed E-state index contributed by atoms with van der Waals surface area (Å²) in [5.41, 5.74) is 1.50. The van der Waals surface area contributed by atoms with E-state index in [9.17, 15) is 20.0 Å². The fraction of sp³-hybridized carbons (Fsp3) is 0.200. The summed E-state index contributed by atoms with van der Waals surface area (Å²) in [6.07, 6.45) is 1.41. The Morgan fingerprint density at radius 2 is 2.05 bits per heavy atom. The Morgan fingerprint density at radius 3 is 2.57 bits per heavy atom. The summed E-state index contributed by atoms with van der Waals surface area (Å²) < 4.78 is 0. The summed E-state index contributed by atoms with van der Waals surface area (Å²) in [4.78, 5) is 25.7. The number of carboxylic acid groups (broad SMARTS) is 1. The number of aryl methyl sites for hydroxylation is 1. The van der Waals surface area contributed by atoms with Crippen LogP contribution in [0.4, 0.5) is 5.69 Å². The van der Waals surface area contributed by atoms with Crippen LogP contribution in [0.25, 0.3) is 0 Å². The average molecular weight is 286 g/mol. The van der Waals surface area contributed by atoms with Gasteiger partial charge in [-0.05, 0) is 25.0 Å². The van der Waals surface area contributed by atoms with Gasteiger partial charge in [0.05, 0.1) is 10.6 Å². The van der Waals surface area contributed by atoms with Crippen molar-refractivity contribution >= 4 is 11.7 Å². The van der Waals surface area contributed by atoms with E-state index in [1.165, 1.54) is 6.07 Å². The van der Waals surface area contributed by atoms with E-state index in [1.807, 2.05) is 30.3 Å². The van der Waals surface area contributed by atoms with Gasteiger partial charge in [-0.25, -0.2) is 0 Å². The van der Waals surface area contributed by atoms with E-state index in [4.69, 9.17) is 0 Å². The van der Waals surface area contributed by atoms with Gasteiger partial charge >= 0.3 is 5.97 Å². The topological polar surface area (TPSA) is 93.3 Å². The highest BCUT2D eigenvalue weighted by Crippen LogP contribution is 2.24. The third-order valence-electron chi connectivity index (χ3n) is 3.24. The number of benzene rings is 1. The van der Waals surface area contributed by atoms with Gasteiger partial charge in [0.15, 0.2) is 0 Å². The van der Waals surface area contributed by atoms with Gasteiger partial charge in [-0.15, -0.1) is 0 Å². The van der Waals surface area contributed by atoms with Gasteiger partial charge in [0.1, 0.15) is 12.1 Å². The fourth-order valence-corrected chi connectivity index (χ4v) is 2.12. The number of pyridine rings is 1. The number of aromatic nitrogens is 1. The average Bonchev–Trinajstić information content (AvgIpc) is 2.45. The molecule has 6 heteroatoms. The lowest BCUT2D eigenvalue weighted by Crippen LogP contribution is -2.16. The van der Waals surface area contributed by atoms with Crippen molar-refractivity contribution < 1.29 is 14.8 Å². The normalized spacial score (nSPS) is 11.9. The molecule has 1 N–H and O–H groups in total. The highest BCUT2D eigenvalue weighted by atomic mass is 16.6. The first kappa shape index (κ1) is 14.6. The zero-order chi connectivity index (χ0) is 15.4. The number of carboxylic acids is 1. The van der Waals surface area contributed by atoms with E-state index in [1.54, 1.807) is 6.92 Å². The number of hydrogen-bond acceptors (Lipinski definition) is 4. The first-order chi connectivity index (χ1) is 9.99. The van der Waals surface area contributed by atoms with Crippen molar-refractivity contribution in [2.75, 3.05) is 0 Å². The summed E-state index contributed by atoms with van der Waals surface area (Å²) in [7, 11) is 0. The molecule has 0 bridgehead atoms. The molecule has 1 aromatic heterocycles. The molecule has 6 nitrogen and oxygen atoms in total. The Bertz CT molecular complexity index is 671. The zero-order valence-corrected chi connectivity index (χ0v) is 11.4. The van der Waals surface area contributed by atoms with Crippen LogP contribution in [0.15, 0.2) is 42.6 Å². The van der Waals surface area contributed by atoms with Gasteiger partial charge in [0.25, 0.3) is 5.69 Å². The first-order valence-electron chi connectivity index (χ1n) is 6.36. The molecule has 1 heterocycles.